The number of benzene rings is 3. The summed E-state index contributed by atoms with van der Waals surface area (Å²) in [6.07, 6.45) is 1.72. The minimum Gasteiger partial charge on any atom is -0.493 e. The third kappa shape index (κ3) is 6.23. The second-order valence-corrected chi connectivity index (χ2v) is 10.4. The third-order valence-electron chi connectivity index (χ3n) is 5.86. The van der Waals surface area contributed by atoms with Crippen LogP contribution in [0.2, 0.25) is 0 Å². The number of thiazole rings is 1. The molecule has 0 bridgehead atoms. The van der Waals surface area contributed by atoms with Crippen LogP contribution in [0.5, 0.6) is 11.5 Å². The molecule has 2 N–H and O–H groups in total. The maximum atomic E-state index is 12.8. The first-order chi connectivity index (χ1) is 17.9. The van der Waals surface area contributed by atoms with Gasteiger partial charge in [-0.25, -0.2) is 4.98 Å². The molecule has 1 heterocycles. The molecule has 0 saturated carbocycles. The third-order valence-corrected chi connectivity index (χ3v) is 8.02. The van der Waals surface area contributed by atoms with E-state index in [1.54, 1.807) is 25.3 Å². The van der Waals surface area contributed by atoms with Crippen LogP contribution in [0.1, 0.15) is 35.3 Å². The van der Waals surface area contributed by atoms with Crippen molar-refractivity contribution in [1.82, 2.24) is 4.98 Å². The predicted octanol–water partition coefficient (Wildman–Crippen LogP) is 6.42. The summed E-state index contributed by atoms with van der Waals surface area (Å²) in [5.41, 5.74) is 5.15. The molecule has 0 aliphatic carbocycles. The van der Waals surface area contributed by atoms with Gasteiger partial charge in [0.2, 0.25) is 5.91 Å². The first-order valence-corrected chi connectivity index (χ1v) is 13.7. The van der Waals surface area contributed by atoms with Gasteiger partial charge >= 0.3 is 0 Å². The number of hydrogen-bond donors (Lipinski definition) is 2. The number of hydrogen-bond acceptors (Lipinski definition) is 7. The molecule has 192 valence electrons. The number of rotatable bonds is 10. The Morgan fingerprint density at radius 1 is 0.919 bits per heavy atom. The highest BCUT2D eigenvalue weighted by atomic mass is 32.2. The van der Waals surface area contributed by atoms with Crippen LogP contribution >= 0.6 is 23.1 Å². The van der Waals surface area contributed by atoms with Crippen molar-refractivity contribution in [2.24, 2.45) is 0 Å². The van der Waals surface area contributed by atoms with Crippen LogP contribution in [0.25, 0.3) is 10.2 Å². The smallest absolute Gasteiger partial charge is 0.255 e. The molecule has 0 spiro atoms. The summed E-state index contributed by atoms with van der Waals surface area (Å²) in [4.78, 5) is 30.1. The van der Waals surface area contributed by atoms with Crippen LogP contribution < -0.4 is 20.1 Å². The molecule has 0 fully saturated rings. The number of nitrogens with one attached hydrogen (secondary N) is 2. The average Bonchev–Trinajstić information content (AvgIpc) is 3.33. The number of anilines is 2. The van der Waals surface area contributed by atoms with E-state index < -0.39 is 0 Å². The van der Waals surface area contributed by atoms with Crippen LogP contribution in [0.3, 0.4) is 0 Å². The van der Waals surface area contributed by atoms with E-state index in [-0.39, 0.29) is 17.6 Å². The summed E-state index contributed by atoms with van der Waals surface area (Å²) in [5.74, 6) is 1.01. The van der Waals surface area contributed by atoms with Crippen LogP contribution in [-0.2, 0) is 17.6 Å². The summed E-state index contributed by atoms with van der Waals surface area (Å²) in [6, 6.07) is 16.7. The lowest BCUT2D eigenvalue weighted by Gasteiger charge is -2.14. The summed E-state index contributed by atoms with van der Waals surface area (Å²) in [7, 11) is 3.08. The van der Waals surface area contributed by atoms with Crippen LogP contribution in [0, 0.1) is 0 Å². The molecule has 2 amide bonds. The molecule has 0 unspecified atom stereocenters. The van der Waals surface area contributed by atoms with Gasteiger partial charge in [0.1, 0.15) is 0 Å². The Balaban J connectivity index is 1.41. The highest BCUT2D eigenvalue weighted by Crippen LogP contribution is 2.32. The molecule has 0 radical (unpaired) electrons. The highest BCUT2D eigenvalue weighted by molar-refractivity contribution is 8.01. The first-order valence-electron chi connectivity index (χ1n) is 11.9. The molecule has 37 heavy (non-hydrogen) atoms. The number of carbonyl (C=O) groups excluding carboxylic acids is 2. The summed E-state index contributed by atoms with van der Waals surface area (Å²) in [5, 5.41) is 6.02. The molecule has 0 saturated heterocycles. The minimum atomic E-state index is -0.255. The topological polar surface area (TPSA) is 89.6 Å². The Hall–Kier alpha value is -3.56. The number of amides is 2. The van der Waals surface area contributed by atoms with Crippen molar-refractivity contribution < 1.29 is 19.1 Å². The van der Waals surface area contributed by atoms with Gasteiger partial charge in [-0.05, 0) is 60.4 Å². The highest BCUT2D eigenvalue weighted by Gasteiger charge is 2.14. The second kappa shape index (κ2) is 12.1. The van der Waals surface area contributed by atoms with Gasteiger partial charge in [0.15, 0.2) is 15.8 Å². The van der Waals surface area contributed by atoms with Crippen LogP contribution in [0.4, 0.5) is 11.4 Å². The molecule has 0 aliphatic heterocycles. The molecular formula is C28H29N3O4S2. The van der Waals surface area contributed by atoms with Crippen molar-refractivity contribution in [3.63, 3.8) is 0 Å². The monoisotopic (exact) mass is 535 g/mol. The number of thioether (sulfide) groups is 1. The number of fused-ring (bicyclic) bond motifs is 1. The van der Waals surface area contributed by atoms with E-state index in [9.17, 15) is 9.59 Å². The lowest BCUT2D eigenvalue weighted by molar-refractivity contribution is -0.113. The fourth-order valence-electron chi connectivity index (χ4n) is 3.93. The van der Waals surface area contributed by atoms with E-state index in [0.29, 0.717) is 22.7 Å². The van der Waals surface area contributed by atoms with E-state index in [4.69, 9.17) is 9.47 Å². The normalized spacial score (nSPS) is 10.8. The second-order valence-electron chi connectivity index (χ2n) is 8.18. The predicted molar refractivity (Wildman–Crippen MR) is 152 cm³/mol. The summed E-state index contributed by atoms with van der Waals surface area (Å²) < 4.78 is 12.3. The van der Waals surface area contributed by atoms with Crippen molar-refractivity contribution in [3.05, 3.63) is 71.3 Å². The lowest BCUT2D eigenvalue weighted by atomic mass is 10.0. The van der Waals surface area contributed by atoms with Crippen LogP contribution in [-0.4, -0.2) is 36.8 Å². The molecule has 3 aromatic carbocycles. The van der Waals surface area contributed by atoms with Crippen molar-refractivity contribution in [2.75, 3.05) is 30.6 Å². The van der Waals surface area contributed by atoms with Gasteiger partial charge in [-0.3, -0.25) is 9.59 Å². The van der Waals surface area contributed by atoms with Crippen molar-refractivity contribution in [1.29, 1.82) is 0 Å². The largest absolute Gasteiger partial charge is 0.493 e. The zero-order valence-corrected chi connectivity index (χ0v) is 22.8. The number of ether oxygens (including phenoxy) is 2. The van der Waals surface area contributed by atoms with Gasteiger partial charge in [-0.2, -0.15) is 0 Å². The van der Waals surface area contributed by atoms with Crippen molar-refractivity contribution in [2.45, 2.75) is 31.0 Å². The molecular weight excluding hydrogens is 506 g/mol. The van der Waals surface area contributed by atoms with E-state index in [1.807, 2.05) is 24.3 Å². The summed E-state index contributed by atoms with van der Waals surface area (Å²) in [6.45, 7) is 4.18. The van der Waals surface area contributed by atoms with Gasteiger partial charge in [-0.1, -0.05) is 43.8 Å². The Bertz CT molecular complexity index is 1410. The number of aromatic nitrogens is 1. The first kappa shape index (κ1) is 26.5. The molecule has 7 nitrogen and oxygen atoms in total. The maximum Gasteiger partial charge on any atom is 0.255 e. The summed E-state index contributed by atoms with van der Waals surface area (Å²) >= 11 is 2.90. The molecule has 4 rings (SSSR count). The van der Waals surface area contributed by atoms with Crippen LogP contribution in [0.15, 0.2) is 58.9 Å². The van der Waals surface area contributed by atoms with E-state index in [2.05, 4.69) is 41.6 Å². The Labute approximate surface area is 224 Å². The molecule has 0 aliphatic rings. The van der Waals surface area contributed by atoms with E-state index in [1.165, 1.54) is 30.2 Å². The van der Waals surface area contributed by atoms with Gasteiger partial charge < -0.3 is 20.1 Å². The fraction of sp³-hybridized carbons (Fsp3) is 0.250. The van der Waals surface area contributed by atoms with Gasteiger partial charge in [-0.15, -0.1) is 11.3 Å². The number of nitrogens with zero attached hydrogens (tertiary/aromatic N) is 1. The number of methoxy groups -OCH3 is 2. The maximum absolute atomic E-state index is 12.8. The average molecular weight is 536 g/mol. The van der Waals surface area contributed by atoms with Gasteiger partial charge in [0.25, 0.3) is 5.91 Å². The quantitative estimate of drug-likeness (QED) is 0.228. The number of para-hydroxylation sites is 1. The fourth-order valence-corrected chi connectivity index (χ4v) is 5.84. The Morgan fingerprint density at radius 3 is 2.32 bits per heavy atom. The number of aryl methyl sites for hydroxylation is 2. The molecule has 0 atom stereocenters. The van der Waals surface area contributed by atoms with E-state index in [0.717, 1.165) is 44.2 Å². The Morgan fingerprint density at radius 2 is 1.65 bits per heavy atom. The zero-order valence-electron chi connectivity index (χ0n) is 21.2. The minimum absolute atomic E-state index is 0.0530. The van der Waals surface area contributed by atoms with Crippen molar-refractivity contribution in [3.8, 4) is 11.5 Å². The standard InChI is InChI=1S/C28H29N3O4S2/c1-5-17-8-7-9-18(6-2)26(17)31-25(32)16-36-28-30-21-12-11-20(15-24(21)37-28)29-27(33)19-10-13-22(34-3)23(14-19)35-4/h7-15H,5-6,16H2,1-4H3,(H,29,33)(H,31,32). The van der Waals surface area contributed by atoms with Gasteiger partial charge in [0.05, 0.1) is 30.2 Å². The van der Waals surface area contributed by atoms with Crippen molar-refractivity contribution >= 4 is 56.5 Å². The van der Waals surface area contributed by atoms with E-state index >= 15 is 0 Å². The van der Waals surface area contributed by atoms with Gasteiger partial charge in [0, 0.05) is 16.9 Å². The molecule has 9 heteroatoms. The zero-order chi connectivity index (χ0) is 26.4. The molecule has 4 aromatic rings. The number of carbonyl (C=O) groups is 2. The molecule has 1 aromatic heterocycles. The lowest BCUT2D eigenvalue weighted by Crippen LogP contribution is -2.16. The Kier molecular flexibility index (Phi) is 8.68. The SMILES string of the molecule is CCc1cccc(CC)c1NC(=O)CSc1nc2ccc(NC(=O)c3ccc(OC)c(OC)c3)cc2s1.